The lowest BCUT2D eigenvalue weighted by Crippen LogP contribution is -2.15. The third-order valence-corrected chi connectivity index (χ3v) is 4.67. The van der Waals surface area contributed by atoms with Crippen LogP contribution in [0.3, 0.4) is 0 Å². The first kappa shape index (κ1) is 17.9. The largest absolute Gasteiger partial charge is 0.306 e. The van der Waals surface area contributed by atoms with E-state index in [4.69, 9.17) is 4.98 Å². The Morgan fingerprint density at radius 2 is 1.71 bits per heavy atom. The molecule has 0 fully saturated rings. The van der Waals surface area contributed by atoms with Crippen molar-refractivity contribution in [2.24, 2.45) is 0 Å². The molecule has 0 aliphatic rings. The van der Waals surface area contributed by atoms with Crippen LogP contribution >= 0.6 is 0 Å². The second-order valence-electron chi connectivity index (χ2n) is 7.05. The number of pyridine rings is 2. The number of nitrogens with one attached hydrogen (secondary N) is 1. The number of amides is 1. The first-order valence-corrected chi connectivity index (χ1v) is 9.09. The third-order valence-electron chi connectivity index (χ3n) is 4.67. The Labute approximate surface area is 163 Å². The van der Waals surface area contributed by atoms with Crippen molar-refractivity contribution >= 4 is 22.6 Å². The van der Waals surface area contributed by atoms with Gasteiger partial charge in [-0.1, -0.05) is 11.6 Å². The van der Waals surface area contributed by atoms with Crippen molar-refractivity contribution in [1.29, 1.82) is 0 Å². The second kappa shape index (κ2) is 6.88. The molecule has 0 atom stereocenters. The molecular weight excluding hydrogens is 350 g/mol. The third kappa shape index (κ3) is 3.24. The summed E-state index contributed by atoms with van der Waals surface area (Å²) >= 11 is 0. The summed E-state index contributed by atoms with van der Waals surface area (Å²) < 4.78 is 1.68. The summed E-state index contributed by atoms with van der Waals surface area (Å²) in [6, 6.07) is 11.5. The number of carbonyl (C=O) groups is 1. The summed E-state index contributed by atoms with van der Waals surface area (Å²) in [5, 5.41) is 8.61. The van der Waals surface area contributed by atoms with Crippen LogP contribution in [-0.2, 0) is 0 Å². The van der Waals surface area contributed by atoms with E-state index in [0.29, 0.717) is 17.2 Å². The van der Waals surface area contributed by atoms with Gasteiger partial charge in [0.15, 0.2) is 5.82 Å². The smallest absolute Gasteiger partial charge is 0.256 e. The Hall–Kier alpha value is -3.54. The molecule has 0 spiro atoms. The zero-order chi connectivity index (χ0) is 19.8. The van der Waals surface area contributed by atoms with Gasteiger partial charge in [-0.25, -0.2) is 4.98 Å². The zero-order valence-electron chi connectivity index (χ0n) is 16.3. The highest BCUT2D eigenvalue weighted by atomic mass is 16.1. The van der Waals surface area contributed by atoms with E-state index in [1.54, 1.807) is 29.2 Å². The standard InChI is InChI=1S/C22H21N5O/c1-13-9-15(3)21-18(10-13)14(2)11-19(24-21)27-20(12-16(4)26-27)25-22(28)17-5-7-23-8-6-17/h5-12H,1-4H3,(H,25,28). The molecule has 1 N–H and O–H groups in total. The molecule has 0 unspecified atom stereocenters. The quantitative estimate of drug-likeness (QED) is 0.583. The number of anilines is 1. The van der Waals surface area contributed by atoms with Gasteiger partial charge >= 0.3 is 0 Å². The van der Waals surface area contributed by atoms with E-state index in [1.165, 1.54) is 5.56 Å². The van der Waals surface area contributed by atoms with E-state index in [1.807, 2.05) is 19.1 Å². The average Bonchev–Trinajstić information content (AvgIpc) is 3.03. The van der Waals surface area contributed by atoms with Crippen molar-refractivity contribution in [1.82, 2.24) is 19.7 Å². The fourth-order valence-corrected chi connectivity index (χ4v) is 3.39. The van der Waals surface area contributed by atoms with Crippen molar-refractivity contribution in [3.8, 4) is 5.82 Å². The van der Waals surface area contributed by atoms with Crippen LogP contribution in [0, 0.1) is 27.7 Å². The van der Waals surface area contributed by atoms with Gasteiger partial charge in [-0.3, -0.25) is 9.78 Å². The minimum atomic E-state index is -0.215. The molecule has 6 heteroatoms. The molecule has 28 heavy (non-hydrogen) atoms. The summed E-state index contributed by atoms with van der Waals surface area (Å²) in [5.74, 6) is 1.04. The molecule has 0 aliphatic heterocycles. The maximum Gasteiger partial charge on any atom is 0.256 e. The Morgan fingerprint density at radius 3 is 2.46 bits per heavy atom. The van der Waals surface area contributed by atoms with E-state index >= 15 is 0 Å². The van der Waals surface area contributed by atoms with Gasteiger partial charge in [-0.05, 0) is 63.1 Å². The van der Waals surface area contributed by atoms with Gasteiger partial charge in [0.2, 0.25) is 0 Å². The second-order valence-corrected chi connectivity index (χ2v) is 7.05. The van der Waals surface area contributed by atoms with Crippen LogP contribution < -0.4 is 5.32 Å². The molecule has 6 nitrogen and oxygen atoms in total. The maximum absolute atomic E-state index is 12.6. The Morgan fingerprint density at radius 1 is 0.964 bits per heavy atom. The Bertz CT molecular complexity index is 1190. The number of hydrogen-bond acceptors (Lipinski definition) is 4. The number of aryl methyl sites for hydroxylation is 4. The minimum Gasteiger partial charge on any atom is -0.306 e. The van der Waals surface area contributed by atoms with Gasteiger partial charge < -0.3 is 5.32 Å². The van der Waals surface area contributed by atoms with E-state index < -0.39 is 0 Å². The van der Waals surface area contributed by atoms with Gasteiger partial charge in [-0.2, -0.15) is 9.78 Å². The fourth-order valence-electron chi connectivity index (χ4n) is 3.39. The molecule has 3 heterocycles. The lowest BCUT2D eigenvalue weighted by atomic mass is 10.0. The van der Waals surface area contributed by atoms with Gasteiger partial charge in [0.1, 0.15) is 5.82 Å². The molecule has 0 aliphatic carbocycles. The van der Waals surface area contributed by atoms with Crippen LogP contribution in [-0.4, -0.2) is 25.7 Å². The SMILES string of the molecule is Cc1cc(C)c2nc(-n3nc(C)cc3NC(=O)c3ccncc3)cc(C)c2c1. The zero-order valence-corrected chi connectivity index (χ0v) is 16.3. The molecule has 4 rings (SSSR count). The molecule has 3 aromatic heterocycles. The van der Waals surface area contributed by atoms with Crippen molar-refractivity contribution in [3.63, 3.8) is 0 Å². The molecule has 1 aromatic carbocycles. The number of nitrogens with zero attached hydrogens (tertiary/aromatic N) is 4. The minimum absolute atomic E-state index is 0.215. The lowest BCUT2D eigenvalue weighted by Gasteiger charge is -2.12. The Balaban J connectivity index is 1.79. The normalized spacial score (nSPS) is 11.0. The number of hydrogen-bond donors (Lipinski definition) is 1. The summed E-state index contributed by atoms with van der Waals surface area (Å²) in [5.41, 5.74) is 5.72. The average molecular weight is 371 g/mol. The van der Waals surface area contributed by atoms with Crippen LogP contribution in [0.15, 0.2) is 48.8 Å². The molecular formula is C22H21N5O. The van der Waals surface area contributed by atoms with Crippen LogP contribution in [0.2, 0.25) is 0 Å². The highest BCUT2D eigenvalue weighted by Crippen LogP contribution is 2.26. The molecule has 0 saturated heterocycles. The molecule has 140 valence electrons. The number of aromatic nitrogens is 4. The summed E-state index contributed by atoms with van der Waals surface area (Å²) in [6.45, 7) is 8.11. The van der Waals surface area contributed by atoms with Crippen LogP contribution in [0.5, 0.6) is 0 Å². The van der Waals surface area contributed by atoms with Crippen LogP contribution in [0.1, 0.15) is 32.7 Å². The van der Waals surface area contributed by atoms with E-state index in [0.717, 1.165) is 27.7 Å². The van der Waals surface area contributed by atoms with Gasteiger partial charge in [-0.15, -0.1) is 0 Å². The number of carbonyl (C=O) groups excluding carboxylic acids is 1. The van der Waals surface area contributed by atoms with E-state index in [-0.39, 0.29) is 5.91 Å². The van der Waals surface area contributed by atoms with Crippen molar-refractivity contribution in [2.75, 3.05) is 5.32 Å². The molecule has 4 aromatic rings. The van der Waals surface area contributed by atoms with Crippen molar-refractivity contribution < 1.29 is 4.79 Å². The number of benzene rings is 1. The van der Waals surface area contributed by atoms with Crippen molar-refractivity contribution in [2.45, 2.75) is 27.7 Å². The summed E-state index contributed by atoms with van der Waals surface area (Å²) in [4.78, 5) is 21.4. The topological polar surface area (TPSA) is 72.7 Å². The summed E-state index contributed by atoms with van der Waals surface area (Å²) in [7, 11) is 0. The van der Waals surface area contributed by atoms with Gasteiger partial charge in [0.05, 0.1) is 11.2 Å². The first-order valence-electron chi connectivity index (χ1n) is 9.09. The highest BCUT2D eigenvalue weighted by molar-refractivity contribution is 6.03. The molecule has 0 radical (unpaired) electrons. The van der Waals surface area contributed by atoms with Crippen LogP contribution in [0.25, 0.3) is 16.7 Å². The predicted molar refractivity (Wildman–Crippen MR) is 110 cm³/mol. The summed E-state index contributed by atoms with van der Waals surface area (Å²) in [6.07, 6.45) is 3.19. The fraction of sp³-hybridized carbons (Fsp3) is 0.182. The highest BCUT2D eigenvalue weighted by Gasteiger charge is 2.15. The van der Waals surface area contributed by atoms with E-state index in [2.05, 4.69) is 48.3 Å². The van der Waals surface area contributed by atoms with Crippen LogP contribution in [0.4, 0.5) is 5.82 Å². The molecule has 0 bridgehead atoms. The molecule has 1 amide bonds. The predicted octanol–water partition coefficient (Wildman–Crippen LogP) is 4.30. The maximum atomic E-state index is 12.6. The molecule has 0 saturated carbocycles. The van der Waals surface area contributed by atoms with Gasteiger partial charge in [0, 0.05) is 29.4 Å². The van der Waals surface area contributed by atoms with Gasteiger partial charge in [0.25, 0.3) is 5.91 Å². The lowest BCUT2D eigenvalue weighted by molar-refractivity contribution is 0.102. The first-order chi connectivity index (χ1) is 13.4. The number of fused-ring (bicyclic) bond motifs is 1. The monoisotopic (exact) mass is 371 g/mol. The van der Waals surface area contributed by atoms with E-state index in [9.17, 15) is 4.79 Å². The van der Waals surface area contributed by atoms with Crippen molar-refractivity contribution in [3.05, 3.63) is 76.7 Å². The Kier molecular flexibility index (Phi) is 4.39. The number of rotatable bonds is 3.